The van der Waals surface area contributed by atoms with E-state index in [0.29, 0.717) is 0 Å². The summed E-state index contributed by atoms with van der Waals surface area (Å²) in [6.45, 7) is 2.99. The molecule has 0 saturated heterocycles. The molecule has 0 aromatic heterocycles. The SMILES string of the molecule is CCCCCCCC/C=C/CCCCCCCCNC(N)=O. The molecule has 0 bridgehead atoms. The normalized spacial score (nSPS) is 11.1. The Morgan fingerprint density at radius 2 is 1.23 bits per heavy atom. The molecule has 22 heavy (non-hydrogen) atoms. The Kier molecular flexibility index (Phi) is 17.2. The number of urea groups is 1. The van der Waals surface area contributed by atoms with E-state index in [-0.39, 0.29) is 0 Å². The third kappa shape index (κ3) is 19.0. The zero-order valence-electron chi connectivity index (χ0n) is 14.7. The highest BCUT2D eigenvalue weighted by atomic mass is 16.2. The molecule has 0 atom stereocenters. The Bertz CT molecular complexity index is 264. The second kappa shape index (κ2) is 18.1. The summed E-state index contributed by atoms with van der Waals surface area (Å²) in [4.78, 5) is 10.5. The largest absolute Gasteiger partial charge is 0.352 e. The highest BCUT2D eigenvalue weighted by Crippen LogP contribution is 2.09. The average Bonchev–Trinajstić information content (AvgIpc) is 2.50. The maximum atomic E-state index is 10.5. The minimum Gasteiger partial charge on any atom is -0.352 e. The summed E-state index contributed by atoms with van der Waals surface area (Å²) in [5, 5.41) is 2.62. The molecule has 0 spiro atoms. The highest BCUT2D eigenvalue weighted by Gasteiger charge is 1.93. The van der Waals surface area contributed by atoms with Crippen LogP contribution in [0, 0.1) is 0 Å². The van der Waals surface area contributed by atoms with Gasteiger partial charge in [0.2, 0.25) is 0 Å². The lowest BCUT2D eigenvalue weighted by atomic mass is 10.1. The number of nitrogens with two attached hydrogens (primary N) is 1. The average molecular weight is 311 g/mol. The van der Waals surface area contributed by atoms with Gasteiger partial charge in [-0.2, -0.15) is 0 Å². The summed E-state index contributed by atoms with van der Waals surface area (Å²) in [7, 11) is 0. The van der Waals surface area contributed by atoms with Crippen LogP contribution in [0.4, 0.5) is 4.79 Å². The van der Waals surface area contributed by atoms with Crippen LogP contribution in [-0.2, 0) is 0 Å². The van der Waals surface area contributed by atoms with Crippen molar-refractivity contribution in [2.75, 3.05) is 6.54 Å². The number of hydrogen-bond acceptors (Lipinski definition) is 1. The van der Waals surface area contributed by atoms with Crippen molar-refractivity contribution in [3.63, 3.8) is 0 Å². The Hall–Kier alpha value is -0.990. The molecular weight excluding hydrogens is 272 g/mol. The molecule has 0 heterocycles. The topological polar surface area (TPSA) is 55.1 Å². The van der Waals surface area contributed by atoms with E-state index in [4.69, 9.17) is 5.73 Å². The first-order chi connectivity index (χ1) is 10.8. The summed E-state index contributed by atoms with van der Waals surface area (Å²) in [5.74, 6) is 0. The van der Waals surface area contributed by atoms with Crippen molar-refractivity contribution in [2.24, 2.45) is 5.73 Å². The fourth-order valence-corrected chi connectivity index (χ4v) is 2.58. The lowest BCUT2D eigenvalue weighted by molar-refractivity contribution is 0.248. The molecule has 0 unspecified atom stereocenters. The maximum Gasteiger partial charge on any atom is 0.312 e. The molecule has 3 heteroatoms. The van der Waals surface area contributed by atoms with Crippen LogP contribution in [-0.4, -0.2) is 12.6 Å². The van der Waals surface area contributed by atoms with E-state index in [9.17, 15) is 4.79 Å². The number of rotatable bonds is 16. The number of nitrogens with one attached hydrogen (secondary N) is 1. The molecule has 0 aromatic carbocycles. The molecular formula is C19H38N2O. The molecule has 3 N–H and O–H groups in total. The highest BCUT2D eigenvalue weighted by molar-refractivity contribution is 5.71. The van der Waals surface area contributed by atoms with E-state index in [1.807, 2.05) is 0 Å². The van der Waals surface area contributed by atoms with Crippen LogP contribution >= 0.6 is 0 Å². The van der Waals surface area contributed by atoms with E-state index < -0.39 is 6.03 Å². The predicted molar refractivity (Wildman–Crippen MR) is 97.0 cm³/mol. The summed E-state index contributed by atoms with van der Waals surface area (Å²) < 4.78 is 0. The summed E-state index contributed by atoms with van der Waals surface area (Å²) in [5.41, 5.74) is 5.00. The summed E-state index contributed by atoms with van der Waals surface area (Å²) in [6, 6.07) is -0.409. The van der Waals surface area contributed by atoms with Gasteiger partial charge in [0.05, 0.1) is 0 Å². The van der Waals surface area contributed by atoms with Crippen LogP contribution in [0.5, 0.6) is 0 Å². The van der Waals surface area contributed by atoms with Gasteiger partial charge in [-0.3, -0.25) is 0 Å². The molecule has 0 rings (SSSR count). The molecule has 0 aliphatic rings. The van der Waals surface area contributed by atoms with Crippen LogP contribution in [0.3, 0.4) is 0 Å². The zero-order valence-corrected chi connectivity index (χ0v) is 14.7. The van der Waals surface area contributed by atoms with Crippen molar-refractivity contribution in [2.45, 2.75) is 96.8 Å². The van der Waals surface area contributed by atoms with Crippen LogP contribution in [0.15, 0.2) is 12.2 Å². The van der Waals surface area contributed by atoms with Crippen molar-refractivity contribution >= 4 is 6.03 Å². The predicted octanol–water partition coefficient (Wildman–Crippen LogP) is 5.69. The monoisotopic (exact) mass is 310 g/mol. The van der Waals surface area contributed by atoms with Gasteiger partial charge >= 0.3 is 6.03 Å². The number of amides is 2. The van der Waals surface area contributed by atoms with E-state index in [2.05, 4.69) is 24.4 Å². The second-order valence-corrected chi connectivity index (χ2v) is 6.23. The van der Waals surface area contributed by atoms with E-state index in [0.717, 1.165) is 13.0 Å². The molecule has 130 valence electrons. The van der Waals surface area contributed by atoms with Crippen LogP contribution < -0.4 is 11.1 Å². The summed E-state index contributed by atoms with van der Waals surface area (Å²) in [6.07, 6.45) is 23.0. The number of allylic oxidation sites excluding steroid dienone is 2. The number of primary amides is 1. The van der Waals surface area contributed by atoms with Gasteiger partial charge in [-0.05, 0) is 32.1 Å². The van der Waals surface area contributed by atoms with Gasteiger partial charge in [0.1, 0.15) is 0 Å². The molecule has 0 aromatic rings. The Morgan fingerprint density at radius 1 is 0.773 bits per heavy atom. The van der Waals surface area contributed by atoms with Gasteiger partial charge in [0, 0.05) is 6.54 Å². The van der Waals surface area contributed by atoms with Crippen LogP contribution in [0.2, 0.25) is 0 Å². The van der Waals surface area contributed by atoms with E-state index in [1.165, 1.54) is 83.5 Å². The molecule has 0 radical (unpaired) electrons. The number of unbranched alkanes of at least 4 members (excludes halogenated alkanes) is 12. The van der Waals surface area contributed by atoms with Crippen molar-refractivity contribution in [1.29, 1.82) is 0 Å². The van der Waals surface area contributed by atoms with Crippen molar-refractivity contribution in [1.82, 2.24) is 5.32 Å². The quantitative estimate of drug-likeness (QED) is 0.279. The number of carbonyl (C=O) groups is 1. The Balaban J connectivity index is 3.06. The molecule has 0 saturated carbocycles. The lowest BCUT2D eigenvalue weighted by Crippen LogP contribution is -2.29. The van der Waals surface area contributed by atoms with Gasteiger partial charge in [-0.15, -0.1) is 0 Å². The smallest absolute Gasteiger partial charge is 0.312 e. The lowest BCUT2D eigenvalue weighted by Gasteiger charge is -2.02. The Labute approximate surface area is 138 Å². The Morgan fingerprint density at radius 3 is 1.73 bits per heavy atom. The first-order valence-electron chi connectivity index (χ1n) is 9.45. The van der Waals surface area contributed by atoms with Crippen molar-refractivity contribution in [3.05, 3.63) is 12.2 Å². The van der Waals surface area contributed by atoms with Gasteiger partial charge in [-0.25, -0.2) is 4.79 Å². The molecule has 2 amide bonds. The van der Waals surface area contributed by atoms with Crippen LogP contribution in [0.25, 0.3) is 0 Å². The van der Waals surface area contributed by atoms with Gasteiger partial charge in [0.25, 0.3) is 0 Å². The van der Waals surface area contributed by atoms with E-state index in [1.54, 1.807) is 0 Å². The third-order valence-electron chi connectivity index (χ3n) is 3.99. The van der Waals surface area contributed by atoms with Gasteiger partial charge in [-0.1, -0.05) is 76.9 Å². The zero-order chi connectivity index (χ0) is 16.3. The fraction of sp³-hybridized carbons (Fsp3) is 0.842. The minimum atomic E-state index is -0.409. The van der Waals surface area contributed by atoms with Gasteiger partial charge < -0.3 is 11.1 Å². The first kappa shape index (κ1) is 21.0. The number of carbonyl (C=O) groups excluding carboxylic acids is 1. The van der Waals surface area contributed by atoms with Gasteiger partial charge in [0.15, 0.2) is 0 Å². The molecule has 0 aliphatic carbocycles. The first-order valence-corrected chi connectivity index (χ1v) is 9.45. The summed E-state index contributed by atoms with van der Waals surface area (Å²) >= 11 is 0. The van der Waals surface area contributed by atoms with Crippen LogP contribution in [0.1, 0.15) is 96.8 Å². The minimum absolute atomic E-state index is 0.409. The molecule has 0 fully saturated rings. The van der Waals surface area contributed by atoms with Crippen molar-refractivity contribution < 1.29 is 4.79 Å². The maximum absolute atomic E-state index is 10.5. The second-order valence-electron chi connectivity index (χ2n) is 6.23. The fourth-order valence-electron chi connectivity index (χ4n) is 2.58. The van der Waals surface area contributed by atoms with Crippen molar-refractivity contribution in [3.8, 4) is 0 Å². The molecule has 0 aliphatic heterocycles. The third-order valence-corrected chi connectivity index (χ3v) is 3.99. The van der Waals surface area contributed by atoms with E-state index >= 15 is 0 Å². The number of hydrogen-bond donors (Lipinski definition) is 2. The standard InChI is InChI=1S/C19H38N2O/c1-2-3-4-5-6-7-8-9-10-11-12-13-14-15-16-17-18-21-19(20)22/h9-10H,2-8,11-18H2,1H3,(H3,20,21,22)/b10-9+. The molecule has 3 nitrogen and oxygen atoms in total.